The van der Waals surface area contributed by atoms with Crippen molar-refractivity contribution in [3.05, 3.63) is 33.1 Å². The largest absolute Gasteiger partial charge is 0.206 e. The number of hydrogen-bond donors (Lipinski definition) is 0. The van der Waals surface area contributed by atoms with Crippen molar-refractivity contribution in [2.45, 2.75) is 31.1 Å². The molecule has 1 aromatic rings. The summed E-state index contributed by atoms with van der Waals surface area (Å²) >= 11 is 1.96. The minimum absolute atomic E-state index is 0.213. The highest BCUT2D eigenvalue weighted by Crippen LogP contribution is 2.40. The van der Waals surface area contributed by atoms with Gasteiger partial charge in [0.05, 0.1) is 11.5 Å². The van der Waals surface area contributed by atoms with Gasteiger partial charge in [-0.2, -0.15) is 5.26 Å². The van der Waals surface area contributed by atoms with E-state index in [4.69, 9.17) is 0 Å². The van der Waals surface area contributed by atoms with E-state index in [1.165, 1.54) is 6.07 Å². The Morgan fingerprint density at radius 1 is 1.33 bits per heavy atom. The van der Waals surface area contributed by atoms with Crippen LogP contribution in [-0.4, -0.2) is 0 Å². The van der Waals surface area contributed by atoms with Crippen molar-refractivity contribution in [2.24, 2.45) is 0 Å². The zero-order valence-electron chi connectivity index (χ0n) is 8.26. The molecule has 15 heavy (non-hydrogen) atoms. The molecule has 1 aromatic carbocycles. The first-order chi connectivity index (χ1) is 7.18. The SMILES string of the molecule is N#CC1(c2ccc(I)c(F)c2)CCCC1. The van der Waals surface area contributed by atoms with E-state index in [0.717, 1.165) is 31.2 Å². The highest BCUT2D eigenvalue weighted by molar-refractivity contribution is 14.1. The average molecular weight is 315 g/mol. The Bertz CT molecular complexity index is 416. The molecule has 1 aliphatic carbocycles. The van der Waals surface area contributed by atoms with Crippen molar-refractivity contribution in [2.75, 3.05) is 0 Å². The quantitative estimate of drug-likeness (QED) is 0.724. The van der Waals surface area contributed by atoms with Gasteiger partial charge in [0.25, 0.3) is 0 Å². The molecule has 0 spiro atoms. The molecule has 0 amide bonds. The Hall–Kier alpha value is -0.630. The van der Waals surface area contributed by atoms with Gasteiger partial charge in [-0.15, -0.1) is 0 Å². The van der Waals surface area contributed by atoms with Crippen LogP contribution in [0.1, 0.15) is 31.2 Å². The Kier molecular flexibility index (Phi) is 2.96. The fraction of sp³-hybridized carbons (Fsp3) is 0.417. The molecule has 0 atom stereocenters. The summed E-state index contributed by atoms with van der Waals surface area (Å²) in [6.07, 6.45) is 3.87. The lowest BCUT2D eigenvalue weighted by Gasteiger charge is -2.20. The van der Waals surface area contributed by atoms with Gasteiger partial charge in [-0.05, 0) is 53.1 Å². The van der Waals surface area contributed by atoms with E-state index < -0.39 is 5.41 Å². The fourth-order valence-electron chi connectivity index (χ4n) is 2.24. The van der Waals surface area contributed by atoms with Gasteiger partial charge in [-0.25, -0.2) is 4.39 Å². The Balaban J connectivity index is 2.44. The Labute approximate surface area is 102 Å². The van der Waals surface area contributed by atoms with Crippen LogP contribution in [0.15, 0.2) is 18.2 Å². The second-order valence-corrected chi connectivity index (χ2v) is 5.19. The molecular formula is C12H11FIN. The van der Waals surface area contributed by atoms with Gasteiger partial charge >= 0.3 is 0 Å². The van der Waals surface area contributed by atoms with Crippen molar-refractivity contribution in [1.29, 1.82) is 5.26 Å². The maximum atomic E-state index is 13.4. The summed E-state index contributed by atoms with van der Waals surface area (Å²) in [7, 11) is 0. The summed E-state index contributed by atoms with van der Waals surface area (Å²) in [5.41, 5.74) is 0.422. The molecule has 0 aromatic heterocycles. The molecule has 0 N–H and O–H groups in total. The van der Waals surface area contributed by atoms with Crippen LogP contribution in [-0.2, 0) is 5.41 Å². The van der Waals surface area contributed by atoms with Crippen LogP contribution in [0.5, 0.6) is 0 Å². The van der Waals surface area contributed by atoms with E-state index in [1.54, 1.807) is 6.07 Å². The molecule has 0 bridgehead atoms. The number of halogens is 2. The summed E-state index contributed by atoms with van der Waals surface area (Å²) in [6.45, 7) is 0. The molecule has 1 aliphatic rings. The maximum absolute atomic E-state index is 13.4. The summed E-state index contributed by atoms with van der Waals surface area (Å²) in [6, 6.07) is 7.54. The fourth-order valence-corrected chi connectivity index (χ4v) is 2.57. The first-order valence-electron chi connectivity index (χ1n) is 5.05. The van der Waals surface area contributed by atoms with Gasteiger partial charge in [-0.1, -0.05) is 18.9 Å². The number of hydrogen-bond acceptors (Lipinski definition) is 1. The van der Waals surface area contributed by atoms with Gasteiger partial charge in [-0.3, -0.25) is 0 Å². The molecule has 1 saturated carbocycles. The zero-order chi connectivity index (χ0) is 10.9. The number of nitriles is 1. The summed E-state index contributed by atoms with van der Waals surface area (Å²) in [4.78, 5) is 0. The average Bonchev–Trinajstić information content (AvgIpc) is 2.72. The van der Waals surface area contributed by atoms with Crippen molar-refractivity contribution in [3.63, 3.8) is 0 Å². The van der Waals surface area contributed by atoms with E-state index in [0.29, 0.717) is 3.57 Å². The molecule has 1 nitrogen and oxygen atoms in total. The minimum atomic E-state index is -0.425. The Morgan fingerprint density at radius 3 is 2.53 bits per heavy atom. The van der Waals surface area contributed by atoms with Gasteiger partial charge in [0, 0.05) is 3.57 Å². The van der Waals surface area contributed by atoms with E-state index in [2.05, 4.69) is 6.07 Å². The number of nitrogens with zero attached hydrogens (tertiary/aromatic N) is 1. The van der Waals surface area contributed by atoms with Gasteiger partial charge in [0.15, 0.2) is 0 Å². The zero-order valence-corrected chi connectivity index (χ0v) is 10.4. The molecule has 3 heteroatoms. The first-order valence-corrected chi connectivity index (χ1v) is 6.13. The lowest BCUT2D eigenvalue weighted by molar-refractivity contribution is 0.558. The Morgan fingerprint density at radius 2 is 2.00 bits per heavy atom. The third kappa shape index (κ3) is 1.87. The van der Waals surface area contributed by atoms with E-state index in [9.17, 15) is 9.65 Å². The maximum Gasteiger partial charge on any atom is 0.136 e. The van der Waals surface area contributed by atoms with Crippen LogP contribution >= 0.6 is 22.6 Å². The number of benzene rings is 1. The predicted octanol–water partition coefficient (Wildman–Crippen LogP) is 3.77. The third-order valence-electron chi connectivity index (χ3n) is 3.14. The van der Waals surface area contributed by atoms with Gasteiger partial charge in [0.2, 0.25) is 0 Å². The standard InChI is InChI=1S/C12H11FIN/c13-10-7-9(3-4-11(10)14)12(8-15)5-1-2-6-12/h3-4,7H,1-2,5-6H2. The third-order valence-corrected chi connectivity index (χ3v) is 4.02. The normalized spacial score (nSPS) is 18.7. The van der Waals surface area contributed by atoms with Gasteiger partial charge in [0.1, 0.15) is 5.82 Å². The van der Waals surface area contributed by atoms with Crippen molar-refractivity contribution < 1.29 is 4.39 Å². The highest BCUT2D eigenvalue weighted by Gasteiger charge is 2.36. The second kappa shape index (κ2) is 4.09. The second-order valence-electron chi connectivity index (χ2n) is 4.03. The molecule has 2 rings (SSSR count). The number of rotatable bonds is 1. The minimum Gasteiger partial charge on any atom is -0.206 e. The van der Waals surface area contributed by atoms with Crippen LogP contribution in [0.4, 0.5) is 4.39 Å². The topological polar surface area (TPSA) is 23.8 Å². The van der Waals surface area contributed by atoms with E-state index >= 15 is 0 Å². The van der Waals surface area contributed by atoms with Crippen molar-refractivity contribution >= 4 is 22.6 Å². The summed E-state index contributed by atoms with van der Waals surface area (Å²) in [5.74, 6) is -0.213. The first kappa shape index (κ1) is 10.9. The lowest BCUT2D eigenvalue weighted by atomic mass is 9.80. The summed E-state index contributed by atoms with van der Waals surface area (Å²) in [5, 5.41) is 9.26. The van der Waals surface area contributed by atoms with E-state index in [-0.39, 0.29) is 5.82 Å². The molecule has 0 radical (unpaired) electrons. The molecule has 0 heterocycles. The van der Waals surface area contributed by atoms with Gasteiger partial charge < -0.3 is 0 Å². The van der Waals surface area contributed by atoms with Crippen molar-refractivity contribution in [3.8, 4) is 6.07 Å². The molecule has 1 fully saturated rings. The molecular weight excluding hydrogens is 304 g/mol. The van der Waals surface area contributed by atoms with Crippen LogP contribution in [0.3, 0.4) is 0 Å². The van der Waals surface area contributed by atoms with Crippen LogP contribution < -0.4 is 0 Å². The predicted molar refractivity (Wildman–Crippen MR) is 64.9 cm³/mol. The van der Waals surface area contributed by atoms with Crippen molar-refractivity contribution in [1.82, 2.24) is 0 Å². The molecule has 0 aliphatic heterocycles. The van der Waals surface area contributed by atoms with Crippen LogP contribution in [0.25, 0.3) is 0 Å². The molecule has 78 valence electrons. The smallest absolute Gasteiger partial charge is 0.136 e. The van der Waals surface area contributed by atoms with E-state index in [1.807, 2.05) is 28.7 Å². The summed E-state index contributed by atoms with van der Waals surface area (Å²) < 4.78 is 14.0. The molecule has 0 unspecified atom stereocenters. The van der Waals surface area contributed by atoms with Crippen LogP contribution in [0.2, 0.25) is 0 Å². The highest BCUT2D eigenvalue weighted by atomic mass is 127. The van der Waals surface area contributed by atoms with Crippen LogP contribution in [0, 0.1) is 20.7 Å². The monoisotopic (exact) mass is 315 g/mol. The molecule has 0 saturated heterocycles. The lowest BCUT2D eigenvalue weighted by Crippen LogP contribution is -2.19.